The molecule has 0 atom stereocenters. The highest BCUT2D eigenvalue weighted by Gasteiger charge is 1.98. The largest absolute Gasteiger partial charge is 0.359 e. The number of nitrogens with one attached hydrogen (secondary N) is 2. The molecule has 1 aromatic heterocycles. The van der Waals surface area contributed by atoms with Crippen LogP contribution in [0.15, 0.2) is 23.5 Å². The van der Waals surface area contributed by atoms with Gasteiger partial charge < -0.3 is 10.6 Å². The molecule has 1 rings (SSSR count). The first-order valence-corrected chi connectivity index (χ1v) is 5.06. The molecular weight excluding hydrogens is 188 g/mol. The SMILES string of the molecule is CN=C(NC)NCCc1ccncc1C. The number of pyridine rings is 1. The van der Waals surface area contributed by atoms with Crippen LogP contribution in [0.3, 0.4) is 0 Å². The van der Waals surface area contributed by atoms with Gasteiger partial charge in [0.1, 0.15) is 0 Å². The zero-order chi connectivity index (χ0) is 11.1. The summed E-state index contributed by atoms with van der Waals surface area (Å²) in [7, 11) is 3.61. The van der Waals surface area contributed by atoms with Crippen LogP contribution < -0.4 is 10.6 Å². The first-order chi connectivity index (χ1) is 7.27. The first kappa shape index (κ1) is 11.5. The Morgan fingerprint density at radius 2 is 2.33 bits per heavy atom. The molecule has 1 heterocycles. The lowest BCUT2D eigenvalue weighted by Crippen LogP contribution is -2.35. The predicted octanol–water partition coefficient (Wildman–Crippen LogP) is 0.727. The van der Waals surface area contributed by atoms with Crippen molar-refractivity contribution in [2.24, 2.45) is 4.99 Å². The van der Waals surface area contributed by atoms with E-state index in [-0.39, 0.29) is 0 Å². The van der Waals surface area contributed by atoms with E-state index in [0.717, 1.165) is 18.9 Å². The molecule has 0 radical (unpaired) electrons. The van der Waals surface area contributed by atoms with E-state index in [4.69, 9.17) is 0 Å². The Kier molecular flexibility index (Phi) is 4.60. The van der Waals surface area contributed by atoms with E-state index in [1.165, 1.54) is 11.1 Å². The lowest BCUT2D eigenvalue weighted by Gasteiger charge is -2.09. The van der Waals surface area contributed by atoms with Crippen molar-refractivity contribution in [3.63, 3.8) is 0 Å². The second kappa shape index (κ2) is 6.01. The maximum absolute atomic E-state index is 4.06. The van der Waals surface area contributed by atoms with Crippen molar-refractivity contribution in [3.05, 3.63) is 29.6 Å². The molecule has 0 amide bonds. The Labute approximate surface area is 90.8 Å². The molecule has 0 saturated heterocycles. The summed E-state index contributed by atoms with van der Waals surface area (Å²) < 4.78 is 0. The van der Waals surface area contributed by atoms with E-state index in [0.29, 0.717) is 0 Å². The highest BCUT2D eigenvalue weighted by Crippen LogP contribution is 2.04. The molecule has 0 fully saturated rings. The van der Waals surface area contributed by atoms with Gasteiger partial charge in [-0.15, -0.1) is 0 Å². The number of aryl methyl sites for hydroxylation is 1. The van der Waals surface area contributed by atoms with E-state index in [1.54, 1.807) is 7.05 Å². The van der Waals surface area contributed by atoms with Gasteiger partial charge in [-0.2, -0.15) is 0 Å². The number of hydrogen-bond acceptors (Lipinski definition) is 2. The van der Waals surface area contributed by atoms with Crippen molar-refractivity contribution < 1.29 is 0 Å². The van der Waals surface area contributed by atoms with Gasteiger partial charge in [-0.3, -0.25) is 9.98 Å². The van der Waals surface area contributed by atoms with Crippen molar-refractivity contribution in [2.75, 3.05) is 20.6 Å². The lowest BCUT2D eigenvalue weighted by atomic mass is 10.1. The van der Waals surface area contributed by atoms with Crippen LogP contribution in [0.5, 0.6) is 0 Å². The van der Waals surface area contributed by atoms with Gasteiger partial charge in [0.05, 0.1) is 0 Å². The van der Waals surface area contributed by atoms with Crippen molar-refractivity contribution >= 4 is 5.96 Å². The molecule has 15 heavy (non-hydrogen) atoms. The van der Waals surface area contributed by atoms with E-state index >= 15 is 0 Å². The van der Waals surface area contributed by atoms with Crippen molar-refractivity contribution in [2.45, 2.75) is 13.3 Å². The van der Waals surface area contributed by atoms with Crippen LogP contribution in [-0.4, -0.2) is 31.6 Å². The molecule has 0 aliphatic rings. The molecule has 2 N–H and O–H groups in total. The Bertz CT molecular complexity index is 333. The third-order valence-electron chi connectivity index (χ3n) is 2.28. The average Bonchev–Trinajstić information content (AvgIpc) is 2.27. The van der Waals surface area contributed by atoms with Crippen molar-refractivity contribution in [3.8, 4) is 0 Å². The molecule has 0 aromatic carbocycles. The molecule has 1 aromatic rings. The summed E-state index contributed by atoms with van der Waals surface area (Å²) >= 11 is 0. The molecule has 0 saturated carbocycles. The van der Waals surface area contributed by atoms with Gasteiger partial charge in [0.25, 0.3) is 0 Å². The van der Waals surface area contributed by atoms with Gasteiger partial charge in [0.15, 0.2) is 5.96 Å². The molecule has 0 aliphatic carbocycles. The number of nitrogens with zero attached hydrogens (tertiary/aromatic N) is 2. The predicted molar refractivity (Wildman–Crippen MR) is 63.1 cm³/mol. The fourth-order valence-electron chi connectivity index (χ4n) is 1.38. The van der Waals surface area contributed by atoms with Crippen LogP contribution in [0, 0.1) is 6.92 Å². The van der Waals surface area contributed by atoms with Crippen molar-refractivity contribution in [1.82, 2.24) is 15.6 Å². The second-order valence-electron chi connectivity index (χ2n) is 3.30. The van der Waals surface area contributed by atoms with Gasteiger partial charge in [0.2, 0.25) is 0 Å². The number of aliphatic imine (C=N–C) groups is 1. The zero-order valence-electron chi connectivity index (χ0n) is 9.54. The van der Waals surface area contributed by atoms with E-state index < -0.39 is 0 Å². The molecule has 0 unspecified atom stereocenters. The summed E-state index contributed by atoms with van der Waals surface area (Å²) in [4.78, 5) is 8.11. The lowest BCUT2D eigenvalue weighted by molar-refractivity contribution is 0.828. The standard InChI is InChI=1S/C11H18N4/c1-9-8-14-6-4-10(9)5-7-15-11(12-2)13-3/h4,6,8H,5,7H2,1-3H3,(H2,12,13,15). The highest BCUT2D eigenvalue weighted by molar-refractivity contribution is 5.79. The van der Waals surface area contributed by atoms with Gasteiger partial charge in [-0.05, 0) is 30.5 Å². The number of guanidine groups is 1. The summed E-state index contributed by atoms with van der Waals surface area (Å²) in [6.45, 7) is 2.95. The fourth-order valence-corrected chi connectivity index (χ4v) is 1.38. The molecule has 82 valence electrons. The van der Waals surface area contributed by atoms with Gasteiger partial charge in [0, 0.05) is 33.0 Å². The summed E-state index contributed by atoms with van der Waals surface area (Å²) in [5.74, 6) is 0.821. The Hall–Kier alpha value is -1.58. The van der Waals surface area contributed by atoms with Crippen LogP contribution in [0.25, 0.3) is 0 Å². The molecule has 0 bridgehead atoms. The minimum Gasteiger partial charge on any atom is -0.359 e. The normalized spacial score (nSPS) is 11.3. The number of rotatable bonds is 3. The quantitative estimate of drug-likeness (QED) is 0.566. The maximum atomic E-state index is 4.06. The summed E-state index contributed by atoms with van der Waals surface area (Å²) in [6, 6.07) is 2.05. The monoisotopic (exact) mass is 206 g/mol. The van der Waals surface area contributed by atoms with Gasteiger partial charge in [-0.1, -0.05) is 0 Å². The molecule has 4 nitrogen and oxygen atoms in total. The molecule has 0 aliphatic heterocycles. The summed E-state index contributed by atoms with van der Waals surface area (Å²) in [5, 5.41) is 6.19. The highest BCUT2D eigenvalue weighted by atomic mass is 15.1. The van der Waals surface area contributed by atoms with Crippen molar-refractivity contribution in [1.29, 1.82) is 0 Å². The Morgan fingerprint density at radius 3 is 2.93 bits per heavy atom. The number of aromatic nitrogens is 1. The third kappa shape index (κ3) is 3.58. The van der Waals surface area contributed by atoms with Crippen LogP contribution in [0.2, 0.25) is 0 Å². The second-order valence-corrected chi connectivity index (χ2v) is 3.30. The van der Waals surface area contributed by atoms with Crippen LogP contribution in [-0.2, 0) is 6.42 Å². The summed E-state index contributed by atoms with van der Waals surface area (Å²) in [5.41, 5.74) is 2.56. The van der Waals surface area contributed by atoms with E-state index in [1.807, 2.05) is 19.4 Å². The molecule has 4 heteroatoms. The van der Waals surface area contributed by atoms with Crippen LogP contribution >= 0.6 is 0 Å². The Balaban J connectivity index is 2.41. The maximum Gasteiger partial charge on any atom is 0.190 e. The fraction of sp³-hybridized carbons (Fsp3) is 0.455. The zero-order valence-corrected chi connectivity index (χ0v) is 9.54. The molecular formula is C11H18N4. The molecule has 0 spiro atoms. The van der Waals surface area contributed by atoms with Gasteiger partial charge in [-0.25, -0.2) is 0 Å². The number of hydrogen-bond donors (Lipinski definition) is 2. The minimum atomic E-state index is 0.821. The first-order valence-electron chi connectivity index (χ1n) is 5.06. The average molecular weight is 206 g/mol. The minimum absolute atomic E-state index is 0.821. The van der Waals surface area contributed by atoms with E-state index in [2.05, 4.69) is 33.6 Å². The van der Waals surface area contributed by atoms with Gasteiger partial charge >= 0.3 is 0 Å². The Morgan fingerprint density at radius 1 is 1.53 bits per heavy atom. The van der Waals surface area contributed by atoms with Crippen LogP contribution in [0.4, 0.5) is 0 Å². The van der Waals surface area contributed by atoms with E-state index in [9.17, 15) is 0 Å². The topological polar surface area (TPSA) is 49.3 Å². The third-order valence-corrected chi connectivity index (χ3v) is 2.28. The summed E-state index contributed by atoms with van der Waals surface area (Å²) in [6.07, 6.45) is 4.70. The smallest absolute Gasteiger partial charge is 0.190 e. The van der Waals surface area contributed by atoms with Crippen LogP contribution in [0.1, 0.15) is 11.1 Å².